The van der Waals surface area contributed by atoms with E-state index >= 15 is 0 Å². The molecule has 5 nitrogen and oxygen atoms in total. The fourth-order valence-electron chi connectivity index (χ4n) is 2.70. The maximum atomic E-state index is 5.78. The Hall–Kier alpha value is -2.24. The number of nitrogens with one attached hydrogen (secondary N) is 1. The first kappa shape index (κ1) is 13.7. The lowest BCUT2D eigenvalue weighted by Crippen LogP contribution is -2.31. The average molecular weight is 281 g/mol. The molecule has 0 aliphatic heterocycles. The fraction of sp³-hybridized carbons (Fsp3) is 0.250. The number of aryl methyl sites for hydroxylation is 2. The molecular formula is C16H19N5. The molecule has 108 valence electrons. The predicted octanol–water partition coefficient (Wildman–Crippen LogP) is 2.31. The van der Waals surface area contributed by atoms with Crippen molar-refractivity contribution in [2.75, 3.05) is 0 Å². The summed E-state index contributed by atoms with van der Waals surface area (Å²) in [4.78, 5) is 4.75. The number of hydrogen-bond donors (Lipinski definition) is 2. The maximum absolute atomic E-state index is 5.78. The topological polar surface area (TPSA) is 68.8 Å². The third kappa shape index (κ3) is 2.41. The van der Waals surface area contributed by atoms with Crippen molar-refractivity contribution in [1.29, 1.82) is 0 Å². The highest BCUT2D eigenvalue weighted by Crippen LogP contribution is 2.24. The monoisotopic (exact) mass is 281 g/mol. The normalized spacial score (nSPS) is 12.7. The van der Waals surface area contributed by atoms with E-state index in [1.54, 1.807) is 6.20 Å². The molecule has 3 N–H and O–H groups in total. The Morgan fingerprint density at radius 1 is 1.29 bits per heavy atom. The zero-order chi connectivity index (χ0) is 14.8. The van der Waals surface area contributed by atoms with Crippen molar-refractivity contribution in [1.82, 2.24) is 20.2 Å². The van der Waals surface area contributed by atoms with Crippen molar-refractivity contribution in [3.8, 4) is 0 Å². The summed E-state index contributed by atoms with van der Waals surface area (Å²) in [5.74, 6) is 5.78. The molecule has 5 heteroatoms. The smallest absolute Gasteiger partial charge is 0.105 e. The molecule has 2 aromatic heterocycles. The Morgan fingerprint density at radius 3 is 2.86 bits per heavy atom. The first-order chi connectivity index (χ1) is 10.2. The molecule has 1 aromatic carbocycles. The molecule has 0 amide bonds. The van der Waals surface area contributed by atoms with E-state index < -0.39 is 0 Å². The van der Waals surface area contributed by atoms with E-state index in [1.165, 1.54) is 10.9 Å². The van der Waals surface area contributed by atoms with Gasteiger partial charge in [0.1, 0.15) is 6.04 Å². The summed E-state index contributed by atoms with van der Waals surface area (Å²) in [6, 6.07) is 12.0. The number of hydrogen-bond acceptors (Lipinski definition) is 4. The Labute approximate surface area is 123 Å². The van der Waals surface area contributed by atoms with Gasteiger partial charge in [-0.2, -0.15) is 5.10 Å². The summed E-state index contributed by atoms with van der Waals surface area (Å²) in [7, 11) is 0. The molecule has 3 rings (SSSR count). The van der Waals surface area contributed by atoms with Crippen LogP contribution in [0.25, 0.3) is 10.9 Å². The minimum Gasteiger partial charge on any atom is -0.270 e. The van der Waals surface area contributed by atoms with Crippen LogP contribution in [0.15, 0.2) is 42.6 Å². The van der Waals surface area contributed by atoms with Crippen LogP contribution < -0.4 is 11.3 Å². The van der Waals surface area contributed by atoms with Crippen molar-refractivity contribution in [2.45, 2.75) is 26.4 Å². The zero-order valence-electron chi connectivity index (χ0n) is 12.2. The van der Waals surface area contributed by atoms with Crippen molar-refractivity contribution < 1.29 is 0 Å². The lowest BCUT2D eigenvalue weighted by molar-refractivity contribution is 0.536. The van der Waals surface area contributed by atoms with Crippen molar-refractivity contribution in [3.63, 3.8) is 0 Å². The van der Waals surface area contributed by atoms with Crippen LogP contribution in [0.3, 0.4) is 0 Å². The van der Waals surface area contributed by atoms with E-state index in [9.17, 15) is 0 Å². The minimum atomic E-state index is -0.171. The molecule has 3 aromatic rings. The Balaban J connectivity index is 2.13. The summed E-state index contributed by atoms with van der Waals surface area (Å²) < 4.78 is 1.93. The van der Waals surface area contributed by atoms with Gasteiger partial charge in [0.15, 0.2) is 0 Å². The summed E-state index contributed by atoms with van der Waals surface area (Å²) >= 11 is 0. The Kier molecular flexibility index (Phi) is 3.68. The van der Waals surface area contributed by atoms with Crippen LogP contribution in [-0.4, -0.2) is 14.8 Å². The van der Waals surface area contributed by atoms with E-state index in [1.807, 2.05) is 28.9 Å². The lowest BCUT2D eigenvalue weighted by atomic mass is 10.0. The number of nitrogens with two attached hydrogens (primary N) is 1. The van der Waals surface area contributed by atoms with Gasteiger partial charge < -0.3 is 0 Å². The summed E-state index contributed by atoms with van der Waals surface area (Å²) in [5, 5.41) is 5.47. The number of hydrazine groups is 1. The quantitative estimate of drug-likeness (QED) is 0.569. The predicted molar refractivity (Wildman–Crippen MR) is 83.5 cm³/mol. The van der Waals surface area contributed by atoms with Crippen LogP contribution in [-0.2, 0) is 6.54 Å². The van der Waals surface area contributed by atoms with Gasteiger partial charge in [-0.1, -0.05) is 18.2 Å². The van der Waals surface area contributed by atoms with Gasteiger partial charge in [0.2, 0.25) is 0 Å². The maximum Gasteiger partial charge on any atom is 0.105 e. The second kappa shape index (κ2) is 5.63. The molecule has 0 saturated carbocycles. The number of aromatic nitrogens is 3. The molecule has 1 atom stereocenters. The molecule has 0 aliphatic carbocycles. The third-order valence-electron chi connectivity index (χ3n) is 3.75. The van der Waals surface area contributed by atoms with Crippen LogP contribution in [0, 0.1) is 6.92 Å². The second-order valence-electron chi connectivity index (χ2n) is 5.05. The first-order valence-electron chi connectivity index (χ1n) is 7.08. The SMILES string of the molecule is CCn1nccc1C(NN)c1cc(C)c2ccccc2n1. The molecule has 0 saturated heterocycles. The molecule has 0 fully saturated rings. The Bertz CT molecular complexity index is 762. The first-order valence-corrected chi connectivity index (χ1v) is 7.08. The zero-order valence-corrected chi connectivity index (χ0v) is 12.2. The van der Waals surface area contributed by atoms with E-state index in [-0.39, 0.29) is 6.04 Å². The molecule has 0 bridgehead atoms. The number of rotatable bonds is 4. The Morgan fingerprint density at radius 2 is 2.10 bits per heavy atom. The standard InChI is InChI=1S/C16H19N5/c1-3-21-15(8-9-18-21)16(20-17)14-10-11(2)12-6-4-5-7-13(12)19-14/h4-10,16,20H,3,17H2,1-2H3. The largest absolute Gasteiger partial charge is 0.270 e. The van der Waals surface area contributed by atoms with Crippen LogP contribution >= 0.6 is 0 Å². The molecule has 0 radical (unpaired) electrons. The fourth-order valence-corrected chi connectivity index (χ4v) is 2.70. The molecule has 2 heterocycles. The molecule has 0 spiro atoms. The lowest BCUT2D eigenvalue weighted by Gasteiger charge is -2.18. The van der Waals surface area contributed by atoms with Crippen molar-refractivity contribution in [2.24, 2.45) is 5.84 Å². The van der Waals surface area contributed by atoms with Gasteiger partial charge in [-0.3, -0.25) is 15.5 Å². The number of para-hydroxylation sites is 1. The summed E-state index contributed by atoms with van der Waals surface area (Å²) in [6.07, 6.45) is 1.79. The number of pyridine rings is 1. The van der Waals surface area contributed by atoms with Gasteiger partial charge in [-0.25, -0.2) is 5.43 Å². The van der Waals surface area contributed by atoms with E-state index in [0.717, 1.165) is 23.4 Å². The molecule has 21 heavy (non-hydrogen) atoms. The highest BCUT2D eigenvalue weighted by atomic mass is 15.3. The molecule has 1 unspecified atom stereocenters. The number of fused-ring (bicyclic) bond motifs is 1. The van der Waals surface area contributed by atoms with Crippen LogP contribution in [0.4, 0.5) is 0 Å². The van der Waals surface area contributed by atoms with Gasteiger partial charge in [0.25, 0.3) is 0 Å². The average Bonchev–Trinajstić information content (AvgIpc) is 2.96. The summed E-state index contributed by atoms with van der Waals surface area (Å²) in [6.45, 7) is 4.95. The van der Waals surface area contributed by atoms with Gasteiger partial charge in [0.05, 0.1) is 16.9 Å². The minimum absolute atomic E-state index is 0.171. The van der Waals surface area contributed by atoms with E-state index in [4.69, 9.17) is 10.8 Å². The van der Waals surface area contributed by atoms with Crippen molar-refractivity contribution in [3.05, 3.63) is 59.5 Å². The van der Waals surface area contributed by atoms with Gasteiger partial charge in [-0.05, 0) is 37.6 Å². The van der Waals surface area contributed by atoms with Crippen LogP contribution in [0.1, 0.15) is 29.9 Å². The van der Waals surface area contributed by atoms with Gasteiger partial charge in [0, 0.05) is 18.1 Å². The highest BCUT2D eigenvalue weighted by molar-refractivity contribution is 5.82. The second-order valence-corrected chi connectivity index (χ2v) is 5.05. The van der Waals surface area contributed by atoms with E-state index in [0.29, 0.717) is 0 Å². The van der Waals surface area contributed by atoms with Crippen LogP contribution in [0.2, 0.25) is 0 Å². The molecular weight excluding hydrogens is 262 g/mol. The number of nitrogens with zero attached hydrogens (tertiary/aromatic N) is 3. The highest BCUT2D eigenvalue weighted by Gasteiger charge is 2.19. The van der Waals surface area contributed by atoms with Gasteiger partial charge >= 0.3 is 0 Å². The van der Waals surface area contributed by atoms with Crippen LogP contribution in [0.5, 0.6) is 0 Å². The van der Waals surface area contributed by atoms with Crippen molar-refractivity contribution >= 4 is 10.9 Å². The summed E-state index contributed by atoms with van der Waals surface area (Å²) in [5.41, 5.74) is 6.96. The van der Waals surface area contributed by atoms with Gasteiger partial charge in [-0.15, -0.1) is 0 Å². The third-order valence-corrected chi connectivity index (χ3v) is 3.75. The number of benzene rings is 1. The van der Waals surface area contributed by atoms with E-state index in [2.05, 4.69) is 36.5 Å². The molecule has 0 aliphatic rings.